The van der Waals surface area contributed by atoms with Gasteiger partial charge in [0.2, 0.25) is 5.91 Å². The van der Waals surface area contributed by atoms with Crippen LogP contribution in [0.5, 0.6) is 5.75 Å². The van der Waals surface area contributed by atoms with Crippen molar-refractivity contribution in [2.24, 2.45) is 0 Å². The predicted molar refractivity (Wildman–Crippen MR) is 133 cm³/mol. The van der Waals surface area contributed by atoms with Crippen LogP contribution in [0.15, 0.2) is 77.2 Å². The van der Waals surface area contributed by atoms with Gasteiger partial charge in [0.1, 0.15) is 17.3 Å². The highest BCUT2D eigenvalue weighted by molar-refractivity contribution is 7.80. The first-order chi connectivity index (χ1) is 15.4. The summed E-state index contributed by atoms with van der Waals surface area (Å²) < 4.78 is 5.77. The number of thiocarbonyl (C=S) groups is 1. The standard InChI is InChI=1S/C25H19ClN2O3S/c1-15-6-7-17(14-20(15)26)22-12-9-18(31-22)10-13-23(30)27-25(32)28-24-19-5-3-2-4-16(19)8-11-21(24)29/h2-14,29H,1H3,(H2,27,28,30,32)/b13-10+. The third-order valence-electron chi connectivity index (χ3n) is 4.86. The van der Waals surface area contributed by atoms with Gasteiger partial charge >= 0.3 is 0 Å². The summed E-state index contributed by atoms with van der Waals surface area (Å²) in [7, 11) is 0. The Bertz CT molecular complexity index is 1360. The average molecular weight is 463 g/mol. The van der Waals surface area contributed by atoms with Gasteiger partial charge in [-0.25, -0.2) is 0 Å². The molecule has 3 N–H and O–H groups in total. The molecule has 0 radical (unpaired) electrons. The third-order valence-corrected chi connectivity index (χ3v) is 5.48. The fraction of sp³-hybridized carbons (Fsp3) is 0.0400. The Hall–Kier alpha value is -3.61. The summed E-state index contributed by atoms with van der Waals surface area (Å²) in [6.45, 7) is 1.93. The molecular weight excluding hydrogens is 444 g/mol. The van der Waals surface area contributed by atoms with Gasteiger partial charge in [0.05, 0.1) is 5.69 Å². The maximum Gasteiger partial charge on any atom is 0.250 e. The van der Waals surface area contributed by atoms with Crippen LogP contribution in [-0.4, -0.2) is 16.1 Å². The van der Waals surface area contributed by atoms with Gasteiger partial charge in [-0.1, -0.05) is 54.1 Å². The lowest BCUT2D eigenvalue weighted by Crippen LogP contribution is -2.32. The number of amides is 1. The van der Waals surface area contributed by atoms with Crippen molar-refractivity contribution in [2.75, 3.05) is 5.32 Å². The Balaban J connectivity index is 1.41. The summed E-state index contributed by atoms with van der Waals surface area (Å²) in [6.07, 6.45) is 2.87. The van der Waals surface area contributed by atoms with E-state index in [1.54, 1.807) is 18.2 Å². The smallest absolute Gasteiger partial charge is 0.250 e. The van der Waals surface area contributed by atoms with Gasteiger partial charge in [-0.15, -0.1) is 0 Å². The summed E-state index contributed by atoms with van der Waals surface area (Å²) in [5.74, 6) is 0.765. The summed E-state index contributed by atoms with van der Waals surface area (Å²) >= 11 is 11.4. The number of furan rings is 1. The van der Waals surface area contributed by atoms with Gasteiger partial charge < -0.3 is 14.8 Å². The first kappa shape index (κ1) is 21.6. The van der Waals surface area contributed by atoms with Crippen LogP contribution in [0.25, 0.3) is 28.2 Å². The summed E-state index contributed by atoms with van der Waals surface area (Å²) in [4.78, 5) is 12.3. The number of hydrogen-bond donors (Lipinski definition) is 3. The number of halogens is 1. The first-order valence-electron chi connectivity index (χ1n) is 9.78. The molecule has 1 amide bonds. The zero-order chi connectivity index (χ0) is 22.7. The van der Waals surface area contributed by atoms with E-state index in [1.165, 1.54) is 6.08 Å². The number of carbonyl (C=O) groups is 1. The average Bonchev–Trinajstić information content (AvgIpc) is 3.25. The van der Waals surface area contributed by atoms with Crippen molar-refractivity contribution in [3.8, 4) is 17.1 Å². The predicted octanol–water partition coefficient (Wildman–Crippen LogP) is 6.29. The molecule has 0 fully saturated rings. The number of rotatable bonds is 4. The van der Waals surface area contributed by atoms with Crippen molar-refractivity contribution >= 4 is 57.4 Å². The van der Waals surface area contributed by atoms with Gasteiger partial charge in [-0.05, 0) is 60.4 Å². The number of anilines is 1. The van der Waals surface area contributed by atoms with Crippen LogP contribution in [0.1, 0.15) is 11.3 Å². The number of phenols is 1. The minimum atomic E-state index is -0.432. The lowest BCUT2D eigenvalue weighted by atomic mass is 10.1. The highest BCUT2D eigenvalue weighted by Gasteiger charge is 2.10. The summed E-state index contributed by atoms with van der Waals surface area (Å²) in [5, 5.41) is 18.1. The van der Waals surface area contributed by atoms with Gasteiger partial charge in [0.25, 0.3) is 0 Å². The second kappa shape index (κ2) is 9.26. The number of fused-ring (bicyclic) bond motifs is 1. The summed E-state index contributed by atoms with van der Waals surface area (Å²) in [5.41, 5.74) is 2.27. The number of hydrogen-bond acceptors (Lipinski definition) is 4. The van der Waals surface area contributed by atoms with Crippen LogP contribution in [0, 0.1) is 6.92 Å². The van der Waals surface area contributed by atoms with Crippen LogP contribution in [0.2, 0.25) is 5.02 Å². The normalized spacial score (nSPS) is 11.1. The Labute approximate surface area is 195 Å². The lowest BCUT2D eigenvalue weighted by Gasteiger charge is -2.12. The van der Waals surface area contributed by atoms with Crippen molar-refractivity contribution in [1.82, 2.24) is 5.32 Å². The van der Waals surface area contributed by atoms with Gasteiger partial charge in [-0.3, -0.25) is 10.1 Å². The number of benzene rings is 3. The Kier molecular flexibility index (Phi) is 6.25. The van der Waals surface area contributed by atoms with E-state index in [9.17, 15) is 9.90 Å². The van der Waals surface area contributed by atoms with Crippen LogP contribution in [0.3, 0.4) is 0 Å². The molecule has 3 aromatic carbocycles. The maximum absolute atomic E-state index is 12.3. The van der Waals surface area contributed by atoms with E-state index in [0.717, 1.165) is 21.9 Å². The third kappa shape index (κ3) is 4.82. The number of phenolic OH excluding ortho intramolecular Hbond substituents is 1. The zero-order valence-electron chi connectivity index (χ0n) is 17.1. The topological polar surface area (TPSA) is 74.5 Å². The van der Waals surface area contributed by atoms with Crippen LogP contribution >= 0.6 is 23.8 Å². The summed E-state index contributed by atoms with van der Waals surface area (Å²) in [6, 6.07) is 20.2. The molecule has 0 bridgehead atoms. The Morgan fingerprint density at radius 3 is 2.72 bits per heavy atom. The van der Waals surface area contributed by atoms with E-state index >= 15 is 0 Å². The number of carbonyl (C=O) groups excluding carboxylic acids is 1. The molecule has 0 saturated carbocycles. The zero-order valence-corrected chi connectivity index (χ0v) is 18.6. The minimum Gasteiger partial charge on any atom is -0.506 e. The first-order valence-corrected chi connectivity index (χ1v) is 10.6. The molecule has 5 nitrogen and oxygen atoms in total. The van der Waals surface area contributed by atoms with Crippen molar-refractivity contribution in [3.63, 3.8) is 0 Å². The molecule has 0 atom stereocenters. The fourth-order valence-corrected chi connectivity index (χ4v) is 3.57. The lowest BCUT2D eigenvalue weighted by molar-refractivity contribution is -0.115. The molecule has 4 rings (SSSR count). The van der Waals surface area contributed by atoms with Gasteiger partial charge in [0.15, 0.2) is 5.11 Å². The molecule has 7 heteroatoms. The van der Waals surface area contributed by atoms with Crippen LogP contribution in [-0.2, 0) is 4.79 Å². The fourth-order valence-electron chi connectivity index (χ4n) is 3.19. The highest BCUT2D eigenvalue weighted by atomic mass is 35.5. The van der Waals surface area contributed by atoms with E-state index in [-0.39, 0.29) is 10.9 Å². The number of aryl methyl sites for hydroxylation is 1. The second-order valence-corrected chi connectivity index (χ2v) is 7.94. The second-order valence-electron chi connectivity index (χ2n) is 7.12. The van der Waals surface area contributed by atoms with Crippen molar-refractivity contribution in [2.45, 2.75) is 6.92 Å². The SMILES string of the molecule is Cc1ccc(-c2ccc(/C=C/C(=O)NC(=S)Nc3c(O)ccc4ccccc34)o2)cc1Cl. The van der Waals surface area contributed by atoms with Gasteiger partial charge in [-0.2, -0.15) is 0 Å². The molecule has 32 heavy (non-hydrogen) atoms. The van der Waals surface area contributed by atoms with Crippen molar-refractivity contribution in [3.05, 3.63) is 89.2 Å². The minimum absolute atomic E-state index is 0.0372. The molecule has 1 aromatic heterocycles. The molecule has 0 unspecified atom stereocenters. The van der Waals surface area contributed by atoms with Crippen molar-refractivity contribution < 1.29 is 14.3 Å². The Morgan fingerprint density at radius 2 is 1.91 bits per heavy atom. The van der Waals surface area contributed by atoms with E-state index in [0.29, 0.717) is 22.2 Å². The molecule has 0 spiro atoms. The molecule has 0 aliphatic rings. The molecular formula is C25H19ClN2O3S. The maximum atomic E-state index is 12.3. The van der Waals surface area contributed by atoms with E-state index in [1.807, 2.05) is 61.5 Å². The molecule has 0 saturated heterocycles. The van der Waals surface area contributed by atoms with Crippen LogP contribution in [0.4, 0.5) is 5.69 Å². The molecule has 0 aliphatic carbocycles. The monoisotopic (exact) mass is 462 g/mol. The molecule has 1 heterocycles. The largest absolute Gasteiger partial charge is 0.506 e. The molecule has 0 aliphatic heterocycles. The van der Waals surface area contributed by atoms with Crippen LogP contribution < -0.4 is 10.6 Å². The number of aromatic hydroxyl groups is 1. The number of nitrogens with one attached hydrogen (secondary N) is 2. The Morgan fingerprint density at radius 1 is 1.09 bits per heavy atom. The highest BCUT2D eigenvalue weighted by Crippen LogP contribution is 2.32. The van der Waals surface area contributed by atoms with E-state index in [2.05, 4.69) is 10.6 Å². The van der Waals surface area contributed by atoms with Gasteiger partial charge in [0, 0.05) is 22.0 Å². The van der Waals surface area contributed by atoms with E-state index in [4.69, 9.17) is 28.2 Å². The quantitative estimate of drug-likeness (QED) is 0.189. The van der Waals surface area contributed by atoms with E-state index < -0.39 is 5.91 Å². The molecule has 4 aromatic rings. The molecule has 160 valence electrons. The van der Waals surface area contributed by atoms with Crippen molar-refractivity contribution in [1.29, 1.82) is 0 Å².